The number of nitrogens with one attached hydrogen (secondary N) is 3. The second-order valence-corrected chi connectivity index (χ2v) is 17.2. The molecule has 5 aromatic heterocycles. The highest BCUT2D eigenvalue weighted by Gasteiger charge is 2.27. The first-order chi connectivity index (χ1) is 32.5. The zero-order chi connectivity index (χ0) is 47.1. The van der Waals surface area contributed by atoms with Crippen LogP contribution in [0.25, 0.3) is 5.65 Å². The number of hydrogen-bond donors (Lipinski definition) is 3. The molecule has 360 valence electrons. The molecule has 3 fully saturated rings. The van der Waals surface area contributed by atoms with Crippen LogP contribution in [0.3, 0.4) is 0 Å². The number of esters is 1. The second-order valence-electron chi connectivity index (χ2n) is 17.2. The fraction of sp³-hybridized carbons (Fsp3) is 0.532. The smallest absolute Gasteiger partial charge is 0.326 e. The first-order valence-electron chi connectivity index (χ1n) is 23.4. The number of pyridine rings is 2. The van der Waals surface area contributed by atoms with Crippen LogP contribution in [0, 0.1) is 11.8 Å². The van der Waals surface area contributed by atoms with E-state index in [1.54, 1.807) is 19.2 Å². The number of amides is 2. The molecule has 20 heteroatoms. The normalized spacial score (nSPS) is 16.7. The van der Waals surface area contributed by atoms with Crippen molar-refractivity contribution < 1.29 is 32.6 Å². The van der Waals surface area contributed by atoms with E-state index in [0.29, 0.717) is 50.0 Å². The molecule has 1 atom stereocenters. The molecule has 2 aliphatic heterocycles. The van der Waals surface area contributed by atoms with Gasteiger partial charge < -0.3 is 39.8 Å². The molecule has 2 amide bonds. The number of aryl methyl sites for hydroxylation is 2. The summed E-state index contributed by atoms with van der Waals surface area (Å²) in [7, 11) is 1.51. The Bertz CT molecular complexity index is 2480. The minimum Gasteiger partial charge on any atom is -0.465 e. The van der Waals surface area contributed by atoms with Crippen molar-refractivity contribution in [2.24, 2.45) is 18.9 Å². The van der Waals surface area contributed by atoms with Crippen molar-refractivity contribution >= 4 is 46.3 Å². The average molecular weight is 929 g/mol. The molecular weight excluding hydrogens is 867 g/mol. The molecule has 2 saturated heterocycles. The average Bonchev–Trinajstić information content (AvgIpc) is 3.95. The minimum atomic E-state index is -2.79. The van der Waals surface area contributed by atoms with Crippen molar-refractivity contribution in [1.82, 2.24) is 39.2 Å². The molecule has 18 nitrogen and oxygen atoms in total. The number of rotatable bonds is 17. The first-order valence-corrected chi connectivity index (χ1v) is 23.4. The quantitative estimate of drug-likeness (QED) is 0.0767. The SMILES string of the molecule is CCOC(=O)Cn1cc(NC(=O)[C@H]2CCCN(c3cncc(CCCCNCC4CCCCC4)c3)C2)ccc1=O.Cn1cc(NC(=O)c2cnn3ccc(N4CCOCC4)nc23)c(C(F)F)n1. The molecular formula is C47H62F2N12O6. The van der Waals surface area contributed by atoms with Gasteiger partial charge in [-0.2, -0.15) is 10.2 Å². The minimum absolute atomic E-state index is 0.0406. The standard InChI is InChI=1S/C31H45N5O4.C16H17F2N7O2/c1-2-40-30(38)23-36-22-27(13-14-29(36)37)34-31(39)26-12-8-16-35(21-26)28-17-25(19-33-20-28)11-6-7-15-32-18-24-9-4-3-5-10-24;1-23-9-11(13(22-23)14(17)18)20-16(26)10-8-19-25-3-2-12(21-15(10)25)24-4-6-27-7-5-24/h13-14,17,19-20,22,24,26,32H,2-12,15-16,18,21,23H2,1H3,(H,34,39);2-3,8-9,14H,4-7H2,1H3,(H,20,26)/t26-;/m0./s1. The van der Waals surface area contributed by atoms with Crippen molar-refractivity contribution in [2.75, 3.05) is 79.5 Å². The fourth-order valence-corrected chi connectivity index (χ4v) is 8.75. The van der Waals surface area contributed by atoms with Gasteiger partial charge in [0.2, 0.25) is 5.91 Å². The van der Waals surface area contributed by atoms with Crippen LogP contribution in [0.5, 0.6) is 0 Å². The van der Waals surface area contributed by atoms with Crippen molar-refractivity contribution in [3.63, 3.8) is 0 Å². The van der Waals surface area contributed by atoms with Crippen LogP contribution in [0.1, 0.15) is 92.8 Å². The Kier molecular flexibility index (Phi) is 17.4. The van der Waals surface area contributed by atoms with Crippen LogP contribution >= 0.6 is 0 Å². The van der Waals surface area contributed by atoms with E-state index in [0.717, 1.165) is 63.3 Å². The van der Waals surface area contributed by atoms with Crippen LogP contribution < -0.4 is 31.3 Å². The lowest BCUT2D eigenvalue weighted by Gasteiger charge is -2.33. The number of nitrogens with zero attached hydrogens (tertiary/aromatic N) is 9. The van der Waals surface area contributed by atoms with Crippen LogP contribution in [0.15, 0.2) is 66.2 Å². The van der Waals surface area contributed by atoms with Gasteiger partial charge in [-0.15, -0.1) is 0 Å². The summed E-state index contributed by atoms with van der Waals surface area (Å²) in [6, 6.07) is 6.95. The zero-order valence-electron chi connectivity index (χ0n) is 38.4. The van der Waals surface area contributed by atoms with Crippen LogP contribution in [-0.2, 0) is 39.1 Å². The molecule has 0 radical (unpaired) electrons. The Labute approximate surface area is 388 Å². The van der Waals surface area contributed by atoms with Gasteiger partial charge >= 0.3 is 5.97 Å². The Morgan fingerprint density at radius 2 is 1.76 bits per heavy atom. The topological polar surface area (TPSA) is 195 Å². The lowest BCUT2D eigenvalue weighted by Crippen LogP contribution is -2.41. The van der Waals surface area contributed by atoms with Crippen molar-refractivity contribution in [2.45, 2.75) is 84.1 Å². The van der Waals surface area contributed by atoms with Gasteiger partial charge in [-0.3, -0.25) is 28.8 Å². The maximum atomic E-state index is 13.1. The van der Waals surface area contributed by atoms with E-state index >= 15 is 0 Å². The summed E-state index contributed by atoms with van der Waals surface area (Å²) in [6.07, 6.45) is 18.9. The van der Waals surface area contributed by atoms with Crippen molar-refractivity contribution in [1.29, 1.82) is 0 Å². The van der Waals surface area contributed by atoms with Crippen molar-refractivity contribution in [3.05, 3.63) is 88.6 Å². The Morgan fingerprint density at radius 1 is 0.940 bits per heavy atom. The molecule has 67 heavy (non-hydrogen) atoms. The summed E-state index contributed by atoms with van der Waals surface area (Å²) in [6.45, 7) is 8.15. The summed E-state index contributed by atoms with van der Waals surface area (Å²) in [4.78, 5) is 63.0. The van der Waals surface area contributed by atoms with Gasteiger partial charge in [0.25, 0.3) is 17.9 Å². The van der Waals surface area contributed by atoms with E-state index in [2.05, 4.69) is 47.1 Å². The molecule has 8 rings (SSSR count). The molecule has 0 bridgehead atoms. The van der Waals surface area contributed by atoms with Crippen LogP contribution in [0.2, 0.25) is 0 Å². The van der Waals surface area contributed by atoms with Gasteiger partial charge in [0.1, 0.15) is 17.9 Å². The molecule has 0 spiro atoms. The molecule has 5 aromatic rings. The number of aromatic nitrogens is 7. The molecule has 7 heterocycles. The predicted molar refractivity (Wildman–Crippen MR) is 250 cm³/mol. The molecule has 3 N–H and O–H groups in total. The van der Waals surface area contributed by atoms with E-state index in [4.69, 9.17) is 9.47 Å². The number of anilines is 4. The number of alkyl halides is 2. The maximum absolute atomic E-state index is 13.1. The van der Waals surface area contributed by atoms with Gasteiger partial charge in [0, 0.05) is 64.1 Å². The Balaban J connectivity index is 0.000000214. The number of unbranched alkanes of at least 4 members (excludes halogenated alkanes) is 1. The lowest BCUT2D eigenvalue weighted by molar-refractivity contribution is -0.143. The number of fused-ring (bicyclic) bond motifs is 1. The molecule has 1 saturated carbocycles. The second kappa shape index (κ2) is 24.0. The van der Waals surface area contributed by atoms with Gasteiger partial charge in [-0.1, -0.05) is 19.3 Å². The maximum Gasteiger partial charge on any atom is 0.326 e. The number of carbonyl (C=O) groups is 3. The van der Waals surface area contributed by atoms with E-state index in [1.807, 2.05) is 23.4 Å². The van der Waals surface area contributed by atoms with E-state index < -0.39 is 24.0 Å². The first kappa shape index (κ1) is 48.6. The number of piperidine rings is 1. The summed E-state index contributed by atoms with van der Waals surface area (Å²) < 4.78 is 40.4. The van der Waals surface area contributed by atoms with Gasteiger partial charge in [0.05, 0.1) is 55.2 Å². The fourth-order valence-electron chi connectivity index (χ4n) is 8.75. The summed E-state index contributed by atoms with van der Waals surface area (Å²) in [5, 5.41) is 16.9. The highest BCUT2D eigenvalue weighted by Crippen LogP contribution is 2.28. The van der Waals surface area contributed by atoms with E-state index in [1.165, 1.54) is 83.1 Å². The largest absolute Gasteiger partial charge is 0.465 e. The third kappa shape index (κ3) is 13.7. The zero-order valence-corrected chi connectivity index (χ0v) is 38.4. The number of morpholine rings is 1. The summed E-state index contributed by atoms with van der Waals surface area (Å²) in [5.74, 6) is 0.241. The monoisotopic (exact) mass is 928 g/mol. The number of carbonyl (C=O) groups excluding carboxylic acids is 3. The molecule has 0 unspecified atom stereocenters. The highest BCUT2D eigenvalue weighted by atomic mass is 19.3. The third-order valence-electron chi connectivity index (χ3n) is 12.3. The Morgan fingerprint density at radius 3 is 2.55 bits per heavy atom. The number of hydrogen-bond acceptors (Lipinski definition) is 13. The predicted octanol–water partition coefficient (Wildman–Crippen LogP) is 5.64. The molecule has 3 aliphatic rings. The molecule has 1 aliphatic carbocycles. The van der Waals surface area contributed by atoms with E-state index in [9.17, 15) is 28.0 Å². The molecule has 0 aromatic carbocycles. The van der Waals surface area contributed by atoms with Gasteiger partial charge in [-0.25, -0.2) is 18.3 Å². The Hall–Kier alpha value is -6.28. The summed E-state index contributed by atoms with van der Waals surface area (Å²) >= 11 is 0. The van der Waals surface area contributed by atoms with Gasteiger partial charge in [-0.05, 0) is 94.6 Å². The van der Waals surface area contributed by atoms with Crippen LogP contribution in [0.4, 0.5) is 31.7 Å². The van der Waals surface area contributed by atoms with Crippen molar-refractivity contribution in [3.8, 4) is 0 Å². The number of halogens is 2. The third-order valence-corrected chi connectivity index (χ3v) is 12.3. The highest BCUT2D eigenvalue weighted by molar-refractivity contribution is 6.08. The van der Waals surface area contributed by atoms with Gasteiger partial charge in [0.15, 0.2) is 11.3 Å². The van der Waals surface area contributed by atoms with Crippen LogP contribution in [-0.4, -0.2) is 111 Å². The number of ether oxygens (including phenoxy) is 2. The summed E-state index contributed by atoms with van der Waals surface area (Å²) in [5.41, 5.74) is 2.48. The van der Waals surface area contributed by atoms with E-state index in [-0.39, 0.29) is 41.8 Å². The lowest BCUT2D eigenvalue weighted by atomic mass is 9.89.